The van der Waals surface area contributed by atoms with E-state index in [1.54, 1.807) is 0 Å². The fraction of sp³-hybridized carbons (Fsp3) is 0.462. The summed E-state index contributed by atoms with van der Waals surface area (Å²) in [6, 6.07) is 4.08. The molecule has 19 heavy (non-hydrogen) atoms. The normalized spacial score (nSPS) is 22.5. The van der Waals surface area contributed by atoms with Gasteiger partial charge in [0.15, 0.2) is 0 Å². The summed E-state index contributed by atoms with van der Waals surface area (Å²) in [7, 11) is 0. The van der Waals surface area contributed by atoms with Gasteiger partial charge < -0.3 is 10.0 Å². The van der Waals surface area contributed by atoms with E-state index in [-0.39, 0.29) is 11.3 Å². The number of aromatic carboxylic acids is 1. The first-order valence-electron chi connectivity index (χ1n) is 6.17. The average molecular weight is 264 g/mol. The van der Waals surface area contributed by atoms with Crippen LogP contribution in [-0.2, 0) is 0 Å². The Balaban J connectivity index is 2.40. The summed E-state index contributed by atoms with van der Waals surface area (Å²) in [5, 5.41) is 20.0. The van der Waals surface area contributed by atoms with Crippen LogP contribution in [0.4, 0.5) is 11.4 Å². The molecular formula is C13H16N2O4. The molecule has 0 bridgehead atoms. The van der Waals surface area contributed by atoms with E-state index in [1.807, 2.05) is 4.90 Å². The Bertz CT molecular complexity index is 519. The van der Waals surface area contributed by atoms with E-state index in [0.717, 1.165) is 19.2 Å². The molecule has 6 heteroatoms. The summed E-state index contributed by atoms with van der Waals surface area (Å²) in [6.07, 6.45) is 0. The van der Waals surface area contributed by atoms with Crippen LogP contribution in [0.25, 0.3) is 0 Å². The quantitative estimate of drug-likeness (QED) is 0.669. The number of nitro benzene ring substituents is 1. The van der Waals surface area contributed by atoms with Crippen molar-refractivity contribution in [3.63, 3.8) is 0 Å². The lowest BCUT2D eigenvalue weighted by molar-refractivity contribution is -0.384. The maximum absolute atomic E-state index is 11.1. The Labute approximate surface area is 110 Å². The molecule has 2 rings (SSSR count). The minimum atomic E-state index is -1.15. The molecule has 6 nitrogen and oxygen atoms in total. The number of rotatable bonds is 3. The number of hydrogen-bond donors (Lipinski definition) is 1. The molecule has 1 aliphatic rings. The zero-order valence-electron chi connectivity index (χ0n) is 10.9. The van der Waals surface area contributed by atoms with Gasteiger partial charge in [-0.05, 0) is 24.0 Å². The summed E-state index contributed by atoms with van der Waals surface area (Å²) < 4.78 is 0. The number of anilines is 1. The molecule has 0 aliphatic carbocycles. The molecule has 0 amide bonds. The minimum absolute atomic E-state index is 0.0595. The minimum Gasteiger partial charge on any atom is -0.478 e. The molecule has 0 spiro atoms. The third-order valence-corrected chi connectivity index (χ3v) is 3.75. The maximum Gasteiger partial charge on any atom is 0.335 e. The zero-order valence-corrected chi connectivity index (χ0v) is 10.9. The largest absolute Gasteiger partial charge is 0.478 e. The average Bonchev–Trinajstić information content (AvgIpc) is 2.68. The molecule has 1 heterocycles. The van der Waals surface area contributed by atoms with Crippen LogP contribution in [0.3, 0.4) is 0 Å². The second-order valence-electron chi connectivity index (χ2n) is 5.13. The Morgan fingerprint density at radius 3 is 2.42 bits per heavy atom. The summed E-state index contributed by atoms with van der Waals surface area (Å²) in [4.78, 5) is 23.4. The molecule has 2 unspecified atom stereocenters. The molecule has 1 fully saturated rings. The molecule has 0 aromatic heterocycles. The zero-order chi connectivity index (χ0) is 14.2. The van der Waals surface area contributed by atoms with E-state index < -0.39 is 10.9 Å². The SMILES string of the molecule is CC1CN(c2ccc(C(=O)O)cc2[N+](=O)[O-])CC1C. The standard InChI is InChI=1S/C13H16N2O4/c1-8-6-14(7-9(8)2)11-4-3-10(13(16)17)5-12(11)15(18)19/h3-5,8-9H,6-7H2,1-2H3,(H,16,17). The monoisotopic (exact) mass is 264 g/mol. The topological polar surface area (TPSA) is 83.7 Å². The van der Waals surface area contributed by atoms with Crippen LogP contribution in [0.2, 0.25) is 0 Å². The second kappa shape index (κ2) is 4.87. The van der Waals surface area contributed by atoms with E-state index in [2.05, 4.69) is 13.8 Å². The second-order valence-corrected chi connectivity index (χ2v) is 5.13. The predicted molar refractivity (Wildman–Crippen MR) is 70.6 cm³/mol. The third kappa shape index (κ3) is 2.52. The molecule has 1 aromatic carbocycles. The highest BCUT2D eigenvalue weighted by Crippen LogP contribution is 2.34. The van der Waals surface area contributed by atoms with E-state index in [4.69, 9.17) is 5.11 Å². The van der Waals surface area contributed by atoms with Crippen molar-refractivity contribution in [1.82, 2.24) is 0 Å². The van der Waals surface area contributed by atoms with Gasteiger partial charge in [-0.3, -0.25) is 10.1 Å². The van der Waals surface area contributed by atoms with Crippen molar-refractivity contribution in [2.24, 2.45) is 11.8 Å². The molecule has 0 saturated carbocycles. The lowest BCUT2D eigenvalue weighted by atomic mass is 10.0. The van der Waals surface area contributed by atoms with Crippen LogP contribution in [0.5, 0.6) is 0 Å². The van der Waals surface area contributed by atoms with Crippen LogP contribution in [0, 0.1) is 22.0 Å². The van der Waals surface area contributed by atoms with E-state index in [1.165, 1.54) is 12.1 Å². The van der Waals surface area contributed by atoms with Gasteiger partial charge in [0.2, 0.25) is 0 Å². The summed E-state index contributed by atoms with van der Waals surface area (Å²) >= 11 is 0. The van der Waals surface area contributed by atoms with Gasteiger partial charge in [-0.1, -0.05) is 13.8 Å². The maximum atomic E-state index is 11.1. The number of carboxylic acid groups (broad SMARTS) is 1. The molecule has 2 atom stereocenters. The molecule has 1 aromatic rings. The van der Waals surface area contributed by atoms with Crippen molar-refractivity contribution in [3.05, 3.63) is 33.9 Å². The Hall–Kier alpha value is -2.11. The first-order valence-corrected chi connectivity index (χ1v) is 6.17. The highest BCUT2D eigenvalue weighted by atomic mass is 16.6. The van der Waals surface area contributed by atoms with Crippen LogP contribution < -0.4 is 4.90 Å². The highest BCUT2D eigenvalue weighted by Gasteiger charge is 2.30. The number of carboxylic acids is 1. The lowest BCUT2D eigenvalue weighted by Gasteiger charge is -2.18. The van der Waals surface area contributed by atoms with Gasteiger partial charge in [-0.15, -0.1) is 0 Å². The first-order chi connectivity index (χ1) is 8.90. The van der Waals surface area contributed by atoms with Crippen molar-refractivity contribution in [3.8, 4) is 0 Å². The van der Waals surface area contributed by atoms with E-state index in [9.17, 15) is 14.9 Å². The van der Waals surface area contributed by atoms with Crippen molar-refractivity contribution in [1.29, 1.82) is 0 Å². The molecular weight excluding hydrogens is 248 g/mol. The van der Waals surface area contributed by atoms with Gasteiger partial charge in [0, 0.05) is 19.2 Å². The van der Waals surface area contributed by atoms with Gasteiger partial charge in [0.1, 0.15) is 5.69 Å². The highest BCUT2D eigenvalue weighted by molar-refractivity contribution is 5.89. The smallest absolute Gasteiger partial charge is 0.335 e. The van der Waals surface area contributed by atoms with Crippen LogP contribution >= 0.6 is 0 Å². The molecule has 1 aliphatic heterocycles. The van der Waals surface area contributed by atoms with Crippen LogP contribution in [0.15, 0.2) is 18.2 Å². The number of nitro groups is 1. The number of carbonyl (C=O) groups is 1. The van der Waals surface area contributed by atoms with Gasteiger partial charge in [0.05, 0.1) is 10.5 Å². The van der Waals surface area contributed by atoms with Crippen LogP contribution in [0.1, 0.15) is 24.2 Å². The van der Waals surface area contributed by atoms with Gasteiger partial charge in [-0.2, -0.15) is 0 Å². The molecule has 0 radical (unpaired) electrons. The fourth-order valence-electron chi connectivity index (χ4n) is 2.40. The molecule has 1 N–H and O–H groups in total. The third-order valence-electron chi connectivity index (χ3n) is 3.75. The summed E-state index contributed by atoms with van der Waals surface area (Å²) in [5.41, 5.74) is 0.308. The van der Waals surface area contributed by atoms with Crippen LogP contribution in [-0.4, -0.2) is 29.1 Å². The van der Waals surface area contributed by atoms with Crippen molar-refractivity contribution < 1.29 is 14.8 Å². The first kappa shape index (κ1) is 13.3. The fourth-order valence-corrected chi connectivity index (χ4v) is 2.40. The summed E-state index contributed by atoms with van der Waals surface area (Å²) in [5.74, 6) is -0.213. The number of hydrogen-bond acceptors (Lipinski definition) is 4. The van der Waals surface area contributed by atoms with Crippen molar-refractivity contribution in [2.75, 3.05) is 18.0 Å². The lowest BCUT2D eigenvalue weighted by Crippen LogP contribution is -2.21. The van der Waals surface area contributed by atoms with Gasteiger partial charge in [-0.25, -0.2) is 4.79 Å². The van der Waals surface area contributed by atoms with E-state index >= 15 is 0 Å². The predicted octanol–water partition coefficient (Wildman–Crippen LogP) is 2.39. The van der Waals surface area contributed by atoms with E-state index in [0.29, 0.717) is 17.5 Å². The Morgan fingerprint density at radius 1 is 1.37 bits per heavy atom. The molecule has 102 valence electrons. The van der Waals surface area contributed by atoms with Crippen molar-refractivity contribution >= 4 is 17.3 Å². The summed E-state index contributed by atoms with van der Waals surface area (Å²) in [6.45, 7) is 5.74. The Morgan fingerprint density at radius 2 is 1.95 bits per heavy atom. The number of nitrogens with zero attached hydrogens (tertiary/aromatic N) is 2. The Kier molecular flexibility index (Phi) is 3.42. The van der Waals surface area contributed by atoms with Gasteiger partial charge in [0.25, 0.3) is 5.69 Å². The van der Waals surface area contributed by atoms with Gasteiger partial charge >= 0.3 is 5.97 Å². The number of benzene rings is 1. The van der Waals surface area contributed by atoms with Crippen molar-refractivity contribution in [2.45, 2.75) is 13.8 Å². The molecule has 1 saturated heterocycles.